The Labute approximate surface area is 109 Å². The Morgan fingerprint density at radius 3 is 2.59 bits per heavy atom. The summed E-state index contributed by atoms with van der Waals surface area (Å²) in [6.07, 6.45) is 3.86. The molecule has 2 aromatic heterocycles. The Morgan fingerprint density at radius 1 is 1.18 bits per heavy atom. The van der Waals surface area contributed by atoms with E-state index in [-0.39, 0.29) is 0 Å². The molecule has 0 aliphatic carbocycles. The van der Waals surface area contributed by atoms with Gasteiger partial charge in [-0.05, 0) is 18.6 Å². The molecular weight excluding hydrogens is 259 g/mol. The van der Waals surface area contributed by atoms with Crippen LogP contribution in [0, 0.1) is 6.92 Å². The van der Waals surface area contributed by atoms with Crippen LogP contribution in [0.2, 0.25) is 10.0 Å². The number of halogens is 2. The molecule has 0 saturated heterocycles. The molecule has 0 aliphatic rings. The van der Waals surface area contributed by atoms with Gasteiger partial charge in [0, 0.05) is 24.2 Å². The van der Waals surface area contributed by atoms with Gasteiger partial charge >= 0.3 is 0 Å². The molecule has 3 nitrogen and oxygen atoms in total. The van der Waals surface area contributed by atoms with Crippen molar-refractivity contribution in [1.29, 1.82) is 0 Å². The molecule has 0 saturated carbocycles. The second-order valence-electron chi connectivity index (χ2n) is 3.72. The molecule has 0 radical (unpaired) electrons. The van der Waals surface area contributed by atoms with Crippen LogP contribution < -0.4 is 0 Å². The van der Waals surface area contributed by atoms with E-state index in [9.17, 15) is 5.11 Å². The van der Waals surface area contributed by atoms with Gasteiger partial charge in [0.1, 0.15) is 6.10 Å². The van der Waals surface area contributed by atoms with E-state index in [1.165, 1.54) is 6.20 Å². The van der Waals surface area contributed by atoms with Crippen molar-refractivity contribution in [2.75, 3.05) is 0 Å². The minimum atomic E-state index is -0.896. The Morgan fingerprint density at radius 2 is 1.94 bits per heavy atom. The van der Waals surface area contributed by atoms with E-state index < -0.39 is 6.10 Å². The zero-order chi connectivity index (χ0) is 12.4. The fraction of sp³-hybridized carbons (Fsp3) is 0.167. The van der Waals surface area contributed by atoms with E-state index >= 15 is 0 Å². The topological polar surface area (TPSA) is 46.0 Å². The highest BCUT2D eigenvalue weighted by Crippen LogP contribution is 2.28. The molecule has 0 aromatic carbocycles. The minimum absolute atomic E-state index is 0.339. The van der Waals surface area contributed by atoms with Gasteiger partial charge in [0.15, 0.2) is 0 Å². The molecule has 17 heavy (non-hydrogen) atoms. The Hall–Kier alpha value is -1.16. The monoisotopic (exact) mass is 268 g/mol. The van der Waals surface area contributed by atoms with Crippen LogP contribution >= 0.6 is 23.2 Å². The number of aryl methyl sites for hydroxylation is 1. The molecule has 2 rings (SSSR count). The Balaban J connectivity index is 2.40. The van der Waals surface area contributed by atoms with Crippen molar-refractivity contribution in [3.05, 3.63) is 57.6 Å². The van der Waals surface area contributed by atoms with Gasteiger partial charge in [0.2, 0.25) is 0 Å². The maximum absolute atomic E-state index is 10.2. The quantitative estimate of drug-likeness (QED) is 0.910. The van der Waals surface area contributed by atoms with Crippen molar-refractivity contribution in [3.63, 3.8) is 0 Å². The lowest BCUT2D eigenvalue weighted by atomic mass is 10.1. The SMILES string of the molecule is Cc1cncc(C(O)c2ncc(Cl)cc2Cl)c1. The largest absolute Gasteiger partial charge is 0.382 e. The molecule has 0 fully saturated rings. The van der Waals surface area contributed by atoms with Crippen molar-refractivity contribution in [2.24, 2.45) is 0 Å². The van der Waals surface area contributed by atoms with Crippen molar-refractivity contribution in [1.82, 2.24) is 9.97 Å². The van der Waals surface area contributed by atoms with Gasteiger partial charge in [-0.3, -0.25) is 9.97 Å². The van der Waals surface area contributed by atoms with Gasteiger partial charge in [0.05, 0.1) is 15.7 Å². The van der Waals surface area contributed by atoms with Crippen LogP contribution in [0.1, 0.15) is 22.9 Å². The summed E-state index contributed by atoms with van der Waals surface area (Å²) in [6.45, 7) is 1.90. The smallest absolute Gasteiger partial charge is 0.124 e. The molecule has 0 spiro atoms. The summed E-state index contributed by atoms with van der Waals surface area (Å²) < 4.78 is 0. The fourth-order valence-electron chi connectivity index (χ4n) is 1.51. The molecule has 0 aliphatic heterocycles. The Kier molecular flexibility index (Phi) is 3.62. The predicted octanol–water partition coefficient (Wildman–Crippen LogP) is 3.17. The van der Waals surface area contributed by atoms with E-state index in [4.69, 9.17) is 23.2 Å². The Bertz CT molecular complexity index is 546. The summed E-state index contributed by atoms with van der Waals surface area (Å²) >= 11 is 11.7. The van der Waals surface area contributed by atoms with Crippen LogP contribution in [0.3, 0.4) is 0 Å². The molecule has 1 N–H and O–H groups in total. The molecule has 0 bridgehead atoms. The number of pyridine rings is 2. The van der Waals surface area contributed by atoms with Crippen molar-refractivity contribution in [2.45, 2.75) is 13.0 Å². The van der Waals surface area contributed by atoms with Crippen molar-refractivity contribution in [3.8, 4) is 0 Å². The predicted molar refractivity (Wildman–Crippen MR) is 67.3 cm³/mol. The first-order valence-electron chi connectivity index (χ1n) is 4.98. The van der Waals surface area contributed by atoms with Crippen molar-refractivity contribution < 1.29 is 5.11 Å². The first kappa shape index (κ1) is 12.3. The number of aliphatic hydroxyl groups excluding tert-OH is 1. The van der Waals surface area contributed by atoms with E-state index in [0.717, 1.165) is 5.56 Å². The van der Waals surface area contributed by atoms with E-state index in [0.29, 0.717) is 21.3 Å². The first-order valence-corrected chi connectivity index (χ1v) is 5.74. The van der Waals surface area contributed by atoms with Crippen LogP contribution in [-0.2, 0) is 0 Å². The van der Waals surface area contributed by atoms with Gasteiger partial charge < -0.3 is 5.11 Å². The highest BCUT2D eigenvalue weighted by atomic mass is 35.5. The normalized spacial score (nSPS) is 12.5. The summed E-state index contributed by atoms with van der Waals surface area (Å²) in [5, 5.41) is 10.9. The number of hydrogen-bond acceptors (Lipinski definition) is 3. The summed E-state index contributed by atoms with van der Waals surface area (Å²) in [4.78, 5) is 8.06. The number of nitrogens with zero attached hydrogens (tertiary/aromatic N) is 2. The van der Waals surface area contributed by atoms with E-state index in [2.05, 4.69) is 9.97 Å². The van der Waals surface area contributed by atoms with Gasteiger partial charge in [-0.15, -0.1) is 0 Å². The third-order valence-corrected chi connectivity index (χ3v) is 2.82. The molecule has 88 valence electrons. The molecule has 5 heteroatoms. The summed E-state index contributed by atoms with van der Waals surface area (Å²) in [5.74, 6) is 0. The summed E-state index contributed by atoms with van der Waals surface area (Å²) in [5.41, 5.74) is 2.00. The van der Waals surface area contributed by atoms with Crippen LogP contribution in [-0.4, -0.2) is 15.1 Å². The third-order valence-electron chi connectivity index (χ3n) is 2.31. The van der Waals surface area contributed by atoms with Crippen LogP contribution in [0.4, 0.5) is 0 Å². The molecule has 2 aromatic rings. The van der Waals surface area contributed by atoms with Crippen LogP contribution in [0.25, 0.3) is 0 Å². The van der Waals surface area contributed by atoms with Crippen LogP contribution in [0.5, 0.6) is 0 Å². The second kappa shape index (κ2) is 5.00. The zero-order valence-electron chi connectivity index (χ0n) is 9.06. The maximum atomic E-state index is 10.2. The highest BCUT2D eigenvalue weighted by Gasteiger charge is 2.16. The van der Waals surface area contributed by atoms with Crippen LogP contribution in [0.15, 0.2) is 30.7 Å². The van der Waals surface area contributed by atoms with E-state index in [1.54, 1.807) is 18.5 Å². The maximum Gasteiger partial charge on any atom is 0.124 e. The number of aliphatic hydroxyl groups is 1. The minimum Gasteiger partial charge on any atom is -0.382 e. The zero-order valence-corrected chi connectivity index (χ0v) is 10.6. The molecule has 0 amide bonds. The molecule has 1 atom stereocenters. The molecular formula is C12H10Cl2N2O. The molecule has 2 heterocycles. The standard InChI is InChI=1S/C12H10Cl2N2O/c1-7-2-8(5-15-4-7)12(17)11-10(14)3-9(13)6-16-11/h2-6,12,17H,1H3. The lowest BCUT2D eigenvalue weighted by Crippen LogP contribution is -2.04. The summed E-state index contributed by atoms with van der Waals surface area (Å²) in [6, 6.07) is 3.39. The van der Waals surface area contributed by atoms with Gasteiger partial charge in [-0.25, -0.2) is 0 Å². The van der Waals surface area contributed by atoms with E-state index in [1.807, 2.05) is 13.0 Å². The fourth-order valence-corrected chi connectivity index (χ4v) is 2.00. The second-order valence-corrected chi connectivity index (χ2v) is 4.56. The first-order chi connectivity index (χ1) is 8.08. The van der Waals surface area contributed by atoms with Crippen molar-refractivity contribution >= 4 is 23.2 Å². The number of rotatable bonds is 2. The van der Waals surface area contributed by atoms with Gasteiger partial charge in [-0.1, -0.05) is 29.3 Å². The average Bonchev–Trinajstić information content (AvgIpc) is 2.28. The highest BCUT2D eigenvalue weighted by molar-refractivity contribution is 6.34. The number of aromatic nitrogens is 2. The summed E-state index contributed by atoms with van der Waals surface area (Å²) in [7, 11) is 0. The molecule has 1 unspecified atom stereocenters. The van der Waals surface area contributed by atoms with Gasteiger partial charge in [-0.2, -0.15) is 0 Å². The third kappa shape index (κ3) is 2.75. The number of hydrogen-bond donors (Lipinski definition) is 1. The lowest BCUT2D eigenvalue weighted by molar-refractivity contribution is 0.215. The average molecular weight is 269 g/mol. The van der Waals surface area contributed by atoms with Gasteiger partial charge in [0.25, 0.3) is 0 Å². The lowest BCUT2D eigenvalue weighted by Gasteiger charge is -2.12.